The molecule has 1 amide bonds. The molecule has 16 heavy (non-hydrogen) atoms. The summed E-state index contributed by atoms with van der Waals surface area (Å²) in [6.07, 6.45) is 3.98. The second-order valence-electron chi connectivity index (χ2n) is 4.07. The summed E-state index contributed by atoms with van der Waals surface area (Å²) < 4.78 is 0. The lowest BCUT2D eigenvalue weighted by Crippen LogP contribution is -2.26. The molecule has 2 rings (SSSR count). The van der Waals surface area contributed by atoms with E-state index in [-0.39, 0.29) is 11.8 Å². The second-order valence-corrected chi connectivity index (χ2v) is 4.07. The van der Waals surface area contributed by atoms with Gasteiger partial charge < -0.3 is 5.73 Å². The van der Waals surface area contributed by atoms with Crippen molar-refractivity contribution < 1.29 is 4.79 Å². The van der Waals surface area contributed by atoms with Crippen molar-refractivity contribution in [3.8, 4) is 0 Å². The third-order valence-corrected chi connectivity index (χ3v) is 2.93. The summed E-state index contributed by atoms with van der Waals surface area (Å²) in [5, 5.41) is 0. The van der Waals surface area contributed by atoms with Gasteiger partial charge in [-0.05, 0) is 18.6 Å². The Labute approximate surface area is 94.8 Å². The number of nitrogen functional groups attached to an aromatic ring is 1. The summed E-state index contributed by atoms with van der Waals surface area (Å²) >= 11 is 0. The molecule has 4 nitrogen and oxygen atoms in total. The maximum absolute atomic E-state index is 11.8. The topological polar surface area (TPSA) is 59.2 Å². The third-order valence-electron chi connectivity index (χ3n) is 2.93. The van der Waals surface area contributed by atoms with E-state index in [9.17, 15) is 4.79 Å². The van der Waals surface area contributed by atoms with Crippen LogP contribution in [0.4, 0.5) is 11.5 Å². The molecule has 1 unspecified atom stereocenters. The van der Waals surface area contributed by atoms with E-state index in [4.69, 9.17) is 5.73 Å². The van der Waals surface area contributed by atoms with E-state index in [1.807, 2.05) is 19.1 Å². The van der Waals surface area contributed by atoms with E-state index in [0.717, 1.165) is 5.56 Å². The van der Waals surface area contributed by atoms with Gasteiger partial charge in [0, 0.05) is 25.1 Å². The predicted octanol–water partition coefficient (Wildman–Crippen LogP) is 1.51. The largest absolute Gasteiger partial charge is 0.396 e. The molecule has 0 spiro atoms. The lowest BCUT2D eigenvalue weighted by molar-refractivity contribution is -0.117. The minimum Gasteiger partial charge on any atom is -0.396 e. The molecule has 1 fully saturated rings. The molecule has 2 heterocycles. The quantitative estimate of drug-likeness (QED) is 0.764. The van der Waals surface area contributed by atoms with Gasteiger partial charge >= 0.3 is 0 Å². The smallest absolute Gasteiger partial charge is 0.228 e. The molecular formula is C12H15N3O. The number of amides is 1. The van der Waals surface area contributed by atoms with Crippen LogP contribution in [0.5, 0.6) is 0 Å². The zero-order valence-corrected chi connectivity index (χ0v) is 9.31. The fourth-order valence-electron chi connectivity index (χ4n) is 1.87. The van der Waals surface area contributed by atoms with E-state index < -0.39 is 0 Å². The molecule has 84 valence electrons. The van der Waals surface area contributed by atoms with Crippen molar-refractivity contribution in [1.82, 2.24) is 4.98 Å². The number of rotatable bonds is 2. The van der Waals surface area contributed by atoms with Gasteiger partial charge in [0.15, 0.2) is 5.82 Å². The summed E-state index contributed by atoms with van der Waals surface area (Å²) in [5.74, 6) is 0.846. The van der Waals surface area contributed by atoms with Gasteiger partial charge in [-0.25, -0.2) is 4.98 Å². The highest BCUT2D eigenvalue weighted by Gasteiger charge is 2.30. The Balaban J connectivity index is 2.35. The average molecular weight is 217 g/mol. The van der Waals surface area contributed by atoms with Gasteiger partial charge in [-0.3, -0.25) is 9.69 Å². The number of carbonyl (C=O) groups is 1. The van der Waals surface area contributed by atoms with Gasteiger partial charge in [-0.1, -0.05) is 6.08 Å². The second kappa shape index (κ2) is 3.96. The first kappa shape index (κ1) is 10.7. The monoisotopic (exact) mass is 217 g/mol. The molecule has 0 aromatic carbocycles. The molecule has 0 radical (unpaired) electrons. The highest BCUT2D eigenvalue weighted by molar-refractivity contribution is 5.97. The fraction of sp³-hybridized carbons (Fsp3) is 0.333. The highest BCUT2D eigenvalue weighted by Crippen LogP contribution is 2.29. The molecule has 1 aliphatic heterocycles. The predicted molar refractivity (Wildman–Crippen MR) is 64.0 cm³/mol. The minimum absolute atomic E-state index is 0.0645. The number of aromatic nitrogens is 1. The fourth-order valence-corrected chi connectivity index (χ4v) is 1.87. The van der Waals surface area contributed by atoms with Gasteiger partial charge in [0.1, 0.15) is 0 Å². The molecule has 0 saturated carbocycles. The van der Waals surface area contributed by atoms with E-state index in [1.165, 1.54) is 0 Å². The maximum Gasteiger partial charge on any atom is 0.228 e. The number of pyridine rings is 1. The lowest BCUT2D eigenvalue weighted by atomic mass is 10.1. The standard InChI is InChI=1S/C12H15N3O/c1-3-9-6-10(16)15(7-9)12-11(13)8(2)4-5-14-12/h3-5,9H,1,6-7,13H2,2H3. The minimum atomic E-state index is 0.0645. The van der Waals surface area contributed by atoms with Gasteiger partial charge in [0.05, 0.1) is 5.69 Å². The number of anilines is 2. The van der Waals surface area contributed by atoms with E-state index >= 15 is 0 Å². The Bertz CT molecular complexity index is 442. The molecule has 1 aromatic heterocycles. The van der Waals surface area contributed by atoms with Crippen molar-refractivity contribution >= 4 is 17.4 Å². The summed E-state index contributed by atoms with van der Waals surface area (Å²) in [4.78, 5) is 17.6. The lowest BCUT2D eigenvalue weighted by Gasteiger charge is -2.17. The highest BCUT2D eigenvalue weighted by atomic mass is 16.2. The summed E-state index contributed by atoms with van der Waals surface area (Å²) in [7, 11) is 0. The summed E-state index contributed by atoms with van der Waals surface area (Å²) in [6.45, 7) is 6.25. The Morgan fingerprint density at radius 1 is 1.69 bits per heavy atom. The SMILES string of the molecule is C=CC1CC(=O)N(c2nccc(C)c2N)C1. The van der Waals surface area contributed by atoms with Gasteiger partial charge in [0.25, 0.3) is 0 Å². The number of nitrogens with zero attached hydrogens (tertiary/aromatic N) is 2. The zero-order valence-electron chi connectivity index (χ0n) is 9.31. The molecule has 1 atom stereocenters. The number of carbonyl (C=O) groups excluding carboxylic acids is 1. The van der Waals surface area contributed by atoms with Crippen LogP contribution in [0.2, 0.25) is 0 Å². The first-order valence-corrected chi connectivity index (χ1v) is 5.27. The number of hydrogen-bond acceptors (Lipinski definition) is 3. The van der Waals surface area contributed by atoms with Gasteiger partial charge in [0.2, 0.25) is 5.91 Å². The molecule has 1 aromatic rings. The van der Waals surface area contributed by atoms with E-state index in [2.05, 4.69) is 11.6 Å². The van der Waals surface area contributed by atoms with Crippen molar-refractivity contribution in [2.24, 2.45) is 5.92 Å². The van der Waals surface area contributed by atoms with Crippen LogP contribution in [0, 0.1) is 12.8 Å². The van der Waals surface area contributed by atoms with Crippen LogP contribution in [0.15, 0.2) is 24.9 Å². The van der Waals surface area contributed by atoms with Crippen LogP contribution in [-0.2, 0) is 4.79 Å². The van der Waals surface area contributed by atoms with Crippen LogP contribution >= 0.6 is 0 Å². The Morgan fingerprint density at radius 3 is 3.06 bits per heavy atom. The van der Waals surface area contributed by atoms with Crippen molar-refractivity contribution in [3.05, 3.63) is 30.5 Å². The van der Waals surface area contributed by atoms with Crippen molar-refractivity contribution in [1.29, 1.82) is 0 Å². The Hall–Kier alpha value is -1.84. The number of nitrogens with two attached hydrogens (primary N) is 1. The third kappa shape index (κ3) is 1.66. The maximum atomic E-state index is 11.8. The van der Waals surface area contributed by atoms with Crippen LogP contribution in [-0.4, -0.2) is 17.4 Å². The van der Waals surface area contributed by atoms with Crippen molar-refractivity contribution in [2.45, 2.75) is 13.3 Å². The molecule has 0 bridgehead atoms. The molecular weight excluding hydrogens is 202 g/mol. The normalized spacial score (nSPS) is 20.2. The number of aryl methyl sites for hydroxylation is 1. The van der Waals surface area contributed by atoms with E-state index in [1.54, 1.807) is 11.1 Å². The Kier molecular flexibility index (Phi) is 2.64. The molecule has 1 saturated heterocycles. The van der Waals surface area contributed by atoms with Gasteiger partial charge in [-0.2, -0.15) is 0 Å². The Morgan fingerprint density at radius 2 is 2.44 bits per heavy atom. The van der Waals surface area contributed by atoms with Crippen molar-refractivity contribution in [2.75, 3.05) is 17.2 Å². The van der Waals surface area contributed by atoms with Gasteiger partial charge in [-0.15, -0.1) is 6.58 Å². The molecule has 4 heteroatoms. The van der Waals surface area contributed by atoms with Crippen LogP contribution in [0.1, 0.15) is 12.0 Å². The molecule has 2 N–H and O–H groups in total. The molecule has 1 aliphatic rings. The van der Waals surface area contributed by atoms with Crippen molar-refractivity contribution in [3.63, 3.8) is 0 Å². The average Bonchev–Trinajstić information content (AvgIpc) is 2.64. The summed E-state index contributed by atoms with van der Waals surface area (Å²) in [5.41, 5.74) is 7.46. The summed E-state index contributed by atoms with van der Waals surface area (Å²) in [6, 6.07) is 1.84. The zero-order chi connectivity index (χ0) is 11.7. The molecule has 0 aliphatic carbocycles. The van der Waals surface area contributed by atoms with Crippen LogP contribution < -0.4 is 10.6 Å². The number of hydrogen-bond donors (Lipinski definition) is 1. The van der Waals surface area contributed by atoms with Crippen LogP contribution in [0.25, 0.3) is 0 Å². The van der Waals surface area contributed by atoms with E-state index in [0.29, 0.717) is 24.5 Å². The first-order valence-electron chi connectivity index (χ1n) is 5.27. The van der Waals surface area contributed by atoms with Crippen LogP contribution in [0.3, 0.4) is 0 Å². The first-order chi connectivity index (χ1) is 7.63.